The maximum atomic E-state index is 5.93. The Bertz CT molecular complexity index is 540. The van der Waals surface area contributed by atoms with Crippen molar-refractivity contribution >= 4 is 12.6 Å². The quantitative estimate of drug-likeness (QED) is 0.758. The summed E-state index contributed by atoms with van der Waals surface area (Å²) in [7, 11) is 0. The zero-order valence-corrected chi connectivity index (χ0v) is 13.9. The predicted octanol–water partition coefficient (Wildman–Crippen LogP) is 5.08. The van der Waals surface area contributed by atoms with E-state index in [0.29, 0.717) is 12.5 Å². The summed E-state index contributed by atoms with van der Waals surface area (Å²) in [6.45, 7) is 7.31. The smallest absolute Gasteiger partial charge is 0.119 e. The molecule has 2 aromatic rings. The van der Waals surface area contributed by atoms with Crippen LogP contribution in [0.5, 0.6) is 5.75 Å². The molecule has 112 valence electrons. The van der Waals surface area contributed by atoms with Crippen LogP contribution in [-0.2, 0) is 5.41 Å². The third-order valence-electron chi connectivity index (χ3n) is 3.66. The van der Waals surface area contributed by atoms with Gasteiger partial charge < -0.3 is 4.74 Å². The molecule has 0 bridgehead atoms. The van der Waals surface area contributed by atoms with Crippen LogP contribution >= 0.6 is 12.6 Å². The van der Waals surface area contributed by atoms with E-state index in [2.05, 4.69) is 81.9 Å². The van der Waals surface area contributed by atoms with Gasteiger partial charge in [-0.25, -0.2) is 0 Å². The minimum atomic E-state index is 0.177. The molecule has 2 rings (SSSR count). The number of hydrogen-bond donors (Lipinski definition) is 1. The van der Waals surface area contributed by atoms with Crippen LogP contribution in [-0.4, -0.2) is 12.4 Å². The third kappa shape index (κ3) is 4.53. The molecule has 0 amide bonds. The van der Waals surface area contributed by atoms with Gasteiger partial charge in [0.15, 0.2) is 0 Å². The minimum Gasteiger partial charge on any atom is -0.493 e. The lowest BCUT2D eigenvalue weighted by Gasteiger charge is -2.20. The van der Waals surface area contributed by atoms with Gasteiger partial charge in [0, 0.05) is 11.7 Å². The Morgan fingerprint density at radius 1 is 0.952 bits per heavy atom. The van der Waals surface area contributed by atoms with E-state index in [1.165, 1.54) is 11.1 Å². The summed E-state index contributed by atoms with van der Waals surface area (Å²) >= 11 is 4.45. The van der Waals surface area contributed by atoms with Crippen molar-refractivity contribution in [2.75, 3.05) is 12.4 Å². The monoisotopic (exact) mass is 300 g/mol. The van der Waals surface area contributed by atoms with Crippen LogP contribution < -0.4 is 4.74 Å². The summed E-state index contributed by atoms with van der Waals surface area (Å²) in [6.07, 6.45) is 0. The summed E-state index contributed by atoms with van der Waals surface area (Å²) in [5.74, 6) is 2.02. The van der Waals surface area contributed by atoms with Gasteiger partial charge in [-0.15, -0.1) is 0 Å². The molecule has 0 radical (unpaired) electrons. The maximum absolute atomic E-state index is 5.93. The highest BCUT2D eigenvalue weighted by Gasteiger charge is 2.14. The fourth-order valence-electron chi connectivity index (χ4n) is 2.23. The number of rotatable bonds is 5. The summed E-state index contributed by atoms with van der Waals surface area (Å²) in [4.78, 5) is 0. The first-order chi connectivity index (χ1) is 10.0. The number of benzene rings is 2. The van der Waals surface area contributed by atoms with Gasteiger partial charge in [0.05, 0.1) is 6.61 Å². The summed E-state index contributed by atoms with van der Waals surface area (Å²) < 4.78 is 5.93. The molecule has 0 N–H and O–H groups in total. The molecule has 1 atom stereocenters. The Hall–Kier alpha value is -1.41. The second kappa shape index (κ2) is 7.04. The number of ether oxygens (including phenoxy) is 1. The molecule has 0 saturated carbocycles. The van der Waals surface area contributed by atoms with Crippen LogP contribution in [0.2, 0.25) is 0 Å². The molecule has 0 fully saturated rings. The molecular formula is C19H24OS. The summed E-state index contributed by atoms with van der Waals surface area (Å²) in [6, 6.07) is 18.8. The second-order valence-electron chi connectivity index (χ2n) is 6.38. The predicted molar refractivity (Wildman–Crippen MR) is 93.7 cm³/mol. The Balaban J connectivity index is 1.99. The van der Waals surface area contributed by atoms with E-state index >= 15 is 0 Å². The molecule has 1 nitrogen and oxygen atoms in total. The highest BCUT2D eigenvalue weighted by molar-refractivity contribution is 7.80. The van der Waals surface area contributed by atoms with Crippen molar-refractivity contribution in [2.24, 2.45) is 0 Å². The van der Waals surface area contributed by atoms with Crippen LogP contribution in [0, 0.1) is 0 Å². The lowest BCUT2D eigenvalue weighted by atomic mass is 9.87. The van der Waals surface area contributed by atoms with Crippen molar-refractivity contribution in [3.63, 3.8) is 0 Å². The fraction of sp³-hybridized carbons (Fsp3) is 0.368. The van der Waals surface area contributed by atoms with E-state index in [9.17, 15) is 0 Å². The zero-order chi connectivity index (χ0) is 15.3. The first-order valence-electron chi connectivity index (χ1n) is 7.40. The largest absolute Gasteiger partial charge is 0.493 e. The third-order valence-corrected chi connectivity index (χ3v) is 4.10. The molecule has 21 heavy (non-hydrogen) atoms. The Morgan fingerprint density at radius 3 is 2.10 bits per heavy atom. The topological polar surface area (TPSA) is 9.23 Å². The van der Waals surface area contributed by atoms with E-state index in [1.807, 2.05) is 6.07 Å². The standard InChI is InChI=1S/C19H24OS/c1-19(2,3)17-9-11-18(12-10-17)20-13-16(14-21)15-7-5-4-6-8-15/h4-12,16,21H,13-14H2,1-3H3. The van der Waals surface area contributed by atoms with Gasteiger partial charge in [-0.3, -0.25) is 0 Å². The van der Waals surface area contributed by atoms with Crippen molar-refractivity contribution in [1.82, 2.24) is 0 Å². The van der Waals surface area contributed by atoms with Gasteiger partial charge in [0.1, 0.15) is 5.75 Å². The van der Waals surface area contributed by atoms with E-state index < -0.39 is 0 Å². The zero-order valence-electron chi connectivity index (χ0n) is 13.0. The van der Waals surface area contributed by atoms with E-state index in [-0.39, 0.29) is 5.41 Å². The lowest BCUT2D eigenvalue weighted by Crippen LogP contribution is -2.13. The van der Waals surface area contributed by atoms with Crippen LogP contribution in [0.25, 0.3) is 0 Å². The van der Waals surface area contributed by atoms with Crippen molar-refractivity contribution in [1.29, 1.82) is 0 Å². The van der Waals surface area contributed by atoms with Crippen molar-refractivity contribution in [3.8, 4) is 5.75 Å². The Kier molecular flexibility index (Phi) is 5.35. The first-order valence-corrected chi connectivity index (χ1v) is 8.03. The molecule has 0 aliphatic heterocycles. The molecule has 0 aliphatic carbocycles. The van der Waals surface area contributed by atoms with Gasteiger partial charge in [-0.2, -0.15) is 12.6 Å². The van der Waals surface area contributed by atoms with Crippen LogP contribution in [0.1, 0.15) is 37.8 Å². The van der Waals surface area contributed by atoms with Crippen LogP contribution in [0.4, 0.5) is 0 Å². The van der Waals surface area contributed by atoms with Crippen molar-refractivity contribution in [3.05, 3.63) is 65.7 Å². The Labute approximate surface area is 133 Å². The second-order valence-corrected chi connectivity index (χ2v) is 6.74. The van der Waals surface area contributed by atoms with Crippen LogP contribution in [0.3, 0.4) is 0 Å². The minimum absolute atomic E-state index is 0.177. The molecule has 1 unspecified atom stereocenters. The van der Waals surface area contributed by atoms with Gasteiger partial charge in [0.25, 0.3) is 0 Å². The highest BCUT2D eigenvalue weighted by Crippen LogP contribution is 2.25. The summed E-state index contributed by atoms with van der Waals surface area (Å²) in [5, 5.41) is 0. The molecule has 2 heteroatoms. The van der Waals surface area contributed by atoms with Gasteiger partial charge in [-0.05, 0) is 28.7 Å². The van der Waals surface area contributed by atoms with Crippen molar-refractivity contribution in [2.45, 2.75) is 32.1 Å². The number of hydrogen-bond acceptors (Lipinski definition) is 2. The molecule has 0 aromatic heterocycles. The Morgan fingerprint density at radius 2 is 1.57 bits per heavy atom. The normalized spacial score (nSPS) is 13.0. The molecule has 0 heterocycles. The molecule has 0 saturated heterocycles. The molecular weight excluding hydrogens is 276 g/mol. The maximum Gasteiger partial charge on any atom is 0.119 e. The van der Waals surface area contributed by atoms with E-state index in [1.54, 1.807) is 0 Å². The fourth-order valence-corrected chi connectivity index (χ4v) is 2.54. The SMILES string of the molecule is CC(C)(C)c1ccc(OCC(CS)c2ccccc2)cc1. The van der Waals surface area contributed by atoms with Crippen LogP contribution in [0.15, 0.2) is 54.6 Å². The van der Waals surface area contributed by atoms with Gasteiger partial charge >= 0.3 is 0 Å². The molecule has 0 spiro atoms. The first kappa shape index (κ1) is 16.0. The van der Waals surface area contributed by atoms with Gasteiger partial charge in [-0.1, -0.05) is 63.2 Å². The average Bonchev–Trinajstić information content (AvgIpc) is 2.48. The van der Waals surface area contributed by atoms with Crippen molar-refractivity contribution < 1.29 is 4.74 Å². The van der Waals surface area contributed by atoms with Gasteiger partial charge in [0.2, 0.25) is 0 Å². The highest BCUT2D eigenvalue weighted by atomic mass is 32.1. The molecule has 2 aromatic carbocycles. The number of thiol groups is 1. The lowest BCUT2D eigenvalue weighted by molar-refractivity contribution is 0.297. The average molecular weight is 300 g/mol. The summed E-state index contributed by atoms with van der Waals surface area (Å²) in [5.41, 5.74) is 2.78. The molecule has 0 aliphatic rings. The van der Waals surface area contributed by atoms with E-state index in [4.69, 9.17) is 4.74 Å². The van der Waals surface area contributed by atoms with E-state index in [0.717, 1.165) is 11.5 Å².